The van der Waals surface area contributed by atoms with E-state index >= 15 is 0 Å². The number of carbonyl (C=O) groups excluding carboxylic acids is 1. The Morgan fingerprint density at radius 1 is 1.29 bits per heavy atom. The standard InChI is InChI=1S/C16H13ClFNO2/c17-13-9-12(5-6-14(13)18)21-10-16(20)19-8-7-11-3-1-2-4-15(11)19/h1-6,9H,7-8,10H2. The predicted molar refractivity (Wildman–Crippen MR) is 79.4 cm³/mol. The van der Waals surface area contributed by atoms with Gasteiger partial charge in [0.2, 0.25) is 0 Å². The van der Waals surface area contributed by atoms with Crippen molar-refractivity contribution < 1.29 is 13.9 Å². The fraction of sp³-hybridized carbons (Fsp3) is 0.188. The van der Waals surface area contributed by atoms with E-state index in [-0.39, 0.29) is 17.5 Å². The van der Waals surface area contributed by atoms with Crippen molar-refractivity contribution in [2.45, 2.75) is 6.42 Å². The lowest BCUT2D eigenvalue weighted by molar-refractivity contribution is -0.120. The van der Waals surface area contributed by atoms with E-state index < -0.39 is 5.82 Å². The maximum Gasteiger partial charge on any atom is 0.264 e. The number of anilines is 1. The number of fused-ring (bicyclic) bond motifs is 1. The van der Waals surface area contributed by atoms with Gasteiger partial charge in [-0.05, 0) is 30.2 Å². The molecule has 1 heterocycles. The van der Waals surface area contributed by atoms with E-state index in [1.165, 1.54) is 18.2 Å². The summed E-state index contributed by atoms with van der Waals surface area (Å²) < 4.78 is 18.4. The molecule has 0 radical (unpaired) electrons. The third-order valence-electron chi connectivity index (χ3n) is 3.44. The summed E-state index contributed by atoms with van der Waals surface area (Å²) in [4.78, 5) is 13.9. The highest BCUT2D eigenvalue weighted by molar-refractivity contribution is 6.30. The molecule has 3 nitrogen and oxygen atoms in total. The molecule has 0 spiro atoms. The SMILES string of the molecule is O=C(COc1ccc(F)c(Cl)c1)N1CCc2ccccc21. The molecule has 1 aliphatic heterocycles. The molecule has 0 fully saturated rings. The molecule has 2 aromatic rings. The molecule has 3 rings (SSSR count). The fourth-order valence-corrected chi connectivity index (χ4v) is 2.56. The van der Waals surface area contributed by atoms with Crippen LogP contribution in [-0.4, -0.2) is 19.1 Å². The normalized spacial score (nSPS) is 13.1. The molecule has 108 valence electrons. The van der Waals surface area contributed by atoms with Crippen molar-refractivity contribution in [3.63, 3.8) is 0 Å². The molecular formula is C16H13ClFNO2. The number of rotatable bonds is 3. The minimum atomic E-state index is -0.510. The Kier molecular flexibility index (Phi) is 3.80. The number of carbonyl (C=O) groups is 1. The number of halogens is 2. The lowest BCUT2D eigenvalue weighted by atomic mass is 10.2. The zero-order valence-corrected chi connectivity index (χ0v) is 11.9. The Balaban J connectivity index is 1.66. The van der Waals surface area contributed by atoms with Gasteiger partial charge in [-0.15, -0.1) is 0 Å². The molecule has 2 aromatic carbocycles. The average Bonchev–Trinajstić information content (AvgIpc) is 2.92. The van der Waals surface area contributed by atoms with Crippen LogP contribution >= 0.6 is 11.6 Å². The number of hydrogen-bond donors (Lipinski definition) is 0. The Labute approximate surface area is 126 Å². The Morgan fingerprint density at radius 3 is 2.90 bits per heavy atom. The Bertz CT molecular complexity index is 690. The molecule has 0 saturated heterocycles. The van der Waals surface area contributed by atoms with Gasteiger partial charge in [0.25, 0.3) is 5.91 Å². The Hall–Kier alpha value is -2.07. The van der Waals surface area contributed by atoms with E-state index in [2.05, 4.69) is 0 Å². The van der Waals surface area contributed by atoms with Gasteiger partial charge in [-0.25, -0.2) is 4.39 Å². The molecule has 5 heteroatoms. The summed E-state index contributed by atoms with van der Waals surface area (Å²) in [6.07, 6.45) is 0.851. The molecule has 21 heavy (non-hydrogen) atoms. The Morgan fingerprint density at radius 2 is 2.10 bits per heavy atom. The number of ether oxygens (including phenoxy) is 1. The molecule has 0 saturated carbocycles. The van der Waals surface area contributed by atoms with Crippen LogP contribution in [0.1, 0.15) is 5.56 Å². The lowest BCUT2D eigenvalue weighted by Gasteiger charge is -2.17. The number of amides is 1. The van der Waals surface area contributed by atoms with Crippen molar-refractivity contribution in [1.29, 1.82) is 0 Å². The molecule has 1 aliphatic rings. The summed E-state index contributed by atoms with van der Waals surface area (Å²) in [5.74, 6) is -0.258. The van der Waals surface area contributed by atoms with Crippen molar-refractivity contribution in [3.8, 4) is 5.75 Å². The van der Waals surface area contributed by atoms with E-state index in [1.807, 2.05) is 24.3 Å². The van der Waals surface area contributed by atoms with Crippen LogP contribution in [0.2, 0.25) is 5.02 Å². The van der Waals surface area contributed by atoms with Crippen LogP contribution in [0.15, 0.2) is 42.5 Å². The number of hydrogen-bond acceptors (Lipinski definition) is 2. The quantitative estimate of drug-likeness (QED) is 0.869. The fourth-order valence-electron chi connectivity index (χ4n) is 2.39. The monoisotopic (exact) mass is 305 g/mol. The van der Waals surface area contributed by atoms with Gasteiger partial charge in [0.1, 0.15) is 11.6 Å². The van der Waals surface area contributed by atoms with Crippen molar-refractivity contribution in [2.75, 3.05) is 18.1 Å². The van der Waals surface area contributed by atoms with Crippen LogP contribution in [0.5, 0.6) is 5.75 Å². The van der Waals surface area contributed by atoms with Crippen LogP contribution in [0.3, 0.4) is 0 Å². The van der Waals surface area contributed by atoms with E-state index in [1.54, 1.807) is 4.90 Å². The summed E-state index contributed by atoms with van der Waals surface area (Å²) in [5.41, 5.74) is 2.10. The average molecular weight is 306 g/mol. The van der Waals surface area contributed by atoms with Crippen LogP contribution in [-0.2, 0) is 11.2 Å². The second-order valence-electron chi connectivity index (χ2n) is 4.79. The summed E-state index contributed by atoms with van der Waals surface area (Å²) in [5, 5.41) is -0.0218. The molecule has 0 bridgehead atoms. The van der Waals surface area contributed by atoms with Crippen LogP contribution < -0.4 is 9.64 Å². The van der Waals surface area contributed by atoms with Crippen LogP contribution in [0.25, 0.3) is 0 Å². The lowest BCUT2D eigenvalue weighted by Crippen LogP contribution is -2.33. The molecule has 0 aromatic heterocycles. The molecule has 0 unspecified atom stereocenters. The summed E-state index contributed by atoms with van der Waals surface area (Å²) in [7, 11) is 0. The largest absolute Gasteiger partial charge is 0.484 e. The van der Waals surface area contributed by atoms with Crippen molar-refractivity contribution >= 4 is 23.2 Å². The van der Waals surface area contributed by atoms with Gasteiger partial charge in [-0.1, -0.05) is 29.8 Å². The topological polar surface area (TPSA) is 29.5 Å². The highest BCUT2D eigenvalue weighted by Gasteiger charge is 2.24. The number of benzene rings is 2. The first-order chi connectivity index (χ1) is 10.1. The third kappa shape index (κ3) is 2.85. The zero-order chi connectivity index (χ0) is 14.8. The van der Waals surface area contributed by atoms with Gasteiger partial charge in [-0.2, -0.15) is 0 Å². The van der Waals surface area contributed by atoms with Crippen molar-refractivity contribution in [2.24, 2.45) is 0 Å². The first-order valence-electron chi connectivity index (χ1n) is 6.61. The van der Waals surface area contributed by atoms with Gasteiger partial charge in [0.05, 0.1) is 5.02 Å². The van der Waals surface area contributed by atoms with Crippen LogP contribution in [0, 0.1) is 5.82 Å². The second kappa shape index (κ2) is 5.74. The molecule has 0 atom stereocenters. The number of nitrogens with zero attached hydrogens (tertiary/aromatic N) is 1. The number of para-hydroxylation sites is 1. The van der Waals surface area contributed by atoms with E-state index in [0.717, 1.165) is 17.7 Å². The molecule has 0 N–H and O–H groups in total. The summed E-state index contributed by atoms with van der Waals surface area (Å²) in [6, 6.07) is 11.8. The van der Waals surface area contributed by atoms with E-state index in [4.69, 9.17) is 16.3 Å². The molecule has 0 aliphatic carbocycles. The first kappa shape index (κ1) is 13.9. The molecular weight excluding hydrogens is 293 g/mol. The predicted octanol–water partition coefficient (Wildman–Crippen LogP) is 3.45. The zero-order valence-electron chi connectivity index (χ0n) is 11.2. The van der Waals surface area contributed by atoms with Crippen LogP contribution in [0.4, 0.5) is 10.1 Å². The van der Waals surface area contributed by atoms with Crippen molar-refractivity contribution in [1.82, 2.24) is 0 Å². The first-order valence-corrected chi connectivity index (χ1v) is 6.99. The maximum absolute atomic E-state index is 13.0. The van der Waals surface area contributed by atoms with E-state index in [9.17, 15) is 9.18 Å². The highest BCUT2D eigenvalue weighted by atomic mass is 35.5. The minimum Gasteiger partial charge on any atom is -0.484 e. The van der Waals surface area contributed by atoms with Gasteiger partial charge in [0, 0.05) is 18.3 Å². The van der Waals surface area contributed by atoms with Gasteiger partial charge >= 0.3 is 0 Å². The maximum atomic E-state index is 13.0. The highest BCUT2D eigenvalue weighted by Crippen LogP contribution is 2.27. The molecule has 1 amide bonds. The van der Waals surface area contributed by atoms with Gasteiger partial charge in [0.15, 0.2) is 6.61 Å². The minimum absolute atomic E-state index is 0.0218. The second-order valence-corrected chi connectivity index (χ2v) is 5.20. The van der Waals surface area contributed by atoms with Gasteiger partial charge < -0.3 is 9.64 Å². The van der Waals surface area contributed by atoms with E-state index in [0.29, 0.717) is 12.3 Å². The summed E-state index contributed by atoms with van der Waals surface area (Å²) in [6.45, 7) is 0.558. The van der Waals surface area contributed by atoms with Gasteiger partial charge in [-0.3, -0.25) is 4.79 Å². The summed E-state index contributed by atoms with van der Waals surface area (Å²) >= 11 is 5.67. The van der Waals surface area contributed by atoms with Crippen molar-refractivity contribution in [3.05, 3.63) is 58.9 Å². The smallest absolute Gasteiger partial charge is 0.264 e. The third-order valence-corrected chi connectivity index (χ3v) is 3.73.